The lowest BCUT2D eigenvalue weighted by atomic mass is 9.77. The van der Waals surface area contributed by atoms with Crippen LogP contribution in [0.15, 0.2) is 34.8 Å². The fourth-order valence-corrected chi connectivity index (χ4v) is 4.34. The number of carbonyl (C=O) groups excluding carboxylic acids is 3. The summed E-state index contributed by atoms with van der Waals surface area (Å²) in [7, 11) is 0. The van der Waals surface area contributed by atoms with Gasteiger partial charge in [0, 0.05) is 29.2 Å². The Morgan fingerprint density at radius 2 is 1.69 bits per heavy atom. The van der Waals surface area contributed by atoms with Crippen LogP contribution in [0, 0.1) is 0 Å². The molecule has 128 valence electrons. The van der Waals surface area contributed by atoms with E-state index in [0.29, 0.717) is 36.3 Å². The molecule has 0 saturated carbocycles. The number of rotatable bonds is 0. The van der Waals surface area contributed by atoms with Gasteiger partial charge in [-0.05, 0) is 23.4 Å². The minimum atomic E-state index is -0.627. The van der Waals surface area contributed by atoms with Gasteiger partial charge in [0.1, 0.15) is 18.1 Å². The van der Waals surface area contributed by atoms with Crippen LogP contribution in [-0.2, 0) is 19.0 Å². The Morgan fingerprint density at radius 1 is 0.923 bits per heavy atom. The van der Waals surface area contributed by atoms with Crippen molar-refractivity contribution in [3.05, 3.63) is 56.4 Å². The molecule has 26 heavy (non-hydrogen) atoms. The second kappa shape index (κ2) is 4.52. The molecule has 1 unspecified atom stereocenters. The first-order valence-corrected chi connectivity index (χ1v) is 8.56. The number of carbonyl (C=O) groups is 3. The van der Waals surface area contributed by atoms with Crippen molar-refractivity contribution in [1.29, 1.82) is 0 Å². The second-order valence-electron chi connectivity index (χ2n) is 6.90. The Bertz CT molecular complexity index is 1160. The van der Waals surface area contributed by atoms with Crippen LogP contribution in [0.25, 0.3) is 11.8 Å². The van der Waals surface area contributed by atoms with Crippen LogP contribution in [0.5, 0.6) is 0 Å². The Morgan fingerprint density at radius 3 is 2.58 bits per heavy atom. The first-order chi connectivity index (χ1) is 12.6. The molecule has 1 saturated heterocycles. The van der Waals surface area contributed by atoms with Crippen LogP contribution in [0.2, 0.25) is 0 Å². The monoisotopic (exact) mass is 348 g/mol. The van der Waals surface area contributed by atoms with Crippen LogP contribution in [-0.4, -0.2) is 30.2 Å². The van der Waals surface area contributed by atoms with E-state index in [-0.39, 0.29) is 34.9 Å². The molecule has 6 nitrogen and oxygen atoms in total. The summed E-state index contributed by atoms with van der Waals surface area (Å²) >= 11 is 0. The van der Waals surface area contributed by atoms with E-state index in [1.807, 2.05) is 6.08 Å². The first-order valence-electron chi connectivity index (χ1n) is 8.56. The number of hydrogen-bond donors (Lipinski definition) is 0. The average Bonchev–Trinajstić information content (AvgIpc) is 3.01. The summed E-state index contributed by atoms with van der Waals surface area (Å²) in [6, 6.07) is 3.50. The SMILES string of the molecule is O=C1CC2OC3=C4C(=O)c5cc6c(cc5C(=O)C4=C2O1)=C(CC3)OCC=6. The maximum absolute atomic E-state index is 13.3. The highest BCUT2D eigenvalue weighted by Gasteiger charge is 2.47. The van der Waals surface area contributed by atoms with Crippen molar-refractivity contribution in [3.63, 3.8) is 0 Å². The van der Waals surface area contributed by atoms with Crippen molar-refractivity contribution in [2.45, 2.75) is 25.4 Å². The molecule has 0 spiro atoms. The van der Waals surface area contributed by atoms with Crippen LogP contribution in [0.3, 0.4) is 0 Å². The molecular weight excluding hydrogens is 336 g/mol. The number of fused-ring (bicyclic) bond motifs is 2. The van der Waals surface area contributed by atoms with Gasteiger partial charge < -0.3 is 14.2 Å². The van der Waals surface area contributed by atoms with Gasteiger partial charge in [-0.1, -0.05) is 0 Å². The van der Waals surface area contributed by atoms with Crippen molar-refractivity contribution >= 4 is 29.4 Å². The zero-order chi connectivity index (χ0) is 17.6. The van der Waals surface area contributed by atoms with E-state index in [2.05, 4.69) is 0 Å². The van der Waals surface area contributed by atoms with Gasteiger partial charge in [0.25, 0.3) is 0 Å². The van der Waals surface area contributed by atoms with E-state index in [4.69, 9.17) is 14.2 Å². The Labute approximate surface area is 147 Å². The van der Waals surface area contributed by atoms with Crippen molar-refractivity contribution in [2.24, 2.45) is 0 Å². The van der Waals surface area contributed by atoms with Crippen LogP contribution >= 0.6 is 0 Å². The minimum Gasteiger partial charge on any atom is -0.493 e. The molecule has 0 radical (unpaired) electrons. The van der Waals surface area contributed by atoms with E-state index < -0.39 is 12.1 Å². The molecule has 1 atom stereocenters. The molecule has 0 amide bonds. The quantitative estimate of drug-likeness (QED) is 0.640. The highest BCUT2D eigenvalue weighted by Crippen LogP contribution is 2.43. The van der Waals surface area contributed by atoms with E-state index in [1.165, 1.54) is 0 Å². The van der Waals surface area contributed by atoms with Gasteiger partial charge in [0.05, 0.1) is 17.6 Å². The summed E-state index contributed by atoms with van der Waals surface area (Å²) in [6.45, 7) is 0.441. The van der Waals surface area contributed by atoms with Gasteiger partial charge in [0.2, 0.25) is 0 Å². The highest BCUT2D eigenvalue weighted by molar-refractivity contribution is 6.31. The standard InChI is InChI=1S/C20H12O6/c21-15-7-14-20(26-15)17-16-13(25-14)2-1-12-9-6-11(19(17)23)10(18(16)22)5-8(9)3-4-24-12/h3,5-6,14H,1-2,4,7H2. The Kier molecular flexibility index (Phi) is 2.44. The first kappa shape index (κ1) is 14.1. The zero-order valence-electron chi connectivity index (χ0n) is 13.6. The van der Waals surface area contributed by atoms with E-state index >= 15 is 0 Å². The largest absolute Gasteiger partial charge is 0.493 e. The molecule has 8 bridgehead atoms. The van der Waals surface area contributed by atoms with E-state index in [1.54, 1.807) is 12.1 Å². The fourth-order valence-electron chi connectivity index (χ4n) is 4.34. The second-order valence-corrected chi connectivity index (χ2v) is 6.90. The van der Waals surface area contributed by atoms with Crippen molar-refractivity contribution in [1.82, 2.24) is 0 Å². The summed E-state index contributed by atoms with van der Waals surface area (Å²) in [4.78, 5) is 38.2. The number of allylic oxidation sites excluding steroid dienone is 3. The third kappa shape index (κ3) is 1.59. The zero-order valence-corrected chi connectivity index (χ0v) is 13.6. The van der Waals surface area contributed by atoms with Crippen LogP contribution in [0.4, 0.5) is 0 Å². The number of hydrogen-bond acceptors (Lipinski definition) is 6. The van der Waals surface area contributed by atoms with Gasteiger partial charge in [-0.15, -0.1) is 0 Å². The third-order valence-electron chi connectivity index (χ3n) is 5.50. The predicted molar refractivity (Wildman–Crippen MR) is 87.0 cm³/mol. The number of ketones is 2. The molecular formula is C20H12O6. The Balaban J connectivity index is 1.76. The minimum absolute atomic E-state index is 0.0517. The molecule has 7 rings (SSSR count). The lowest BCUT2D eigenvalue weighted by Gasteiger charge is -2.31. The smallest absolute Gasteiger partial charge is 0.315 e. The maximum atomic E-state index is 13.3. The molecule has 3 aliphatic heterocycles. The predicted octanol–water partition coefficient (Wildman–Crippen LogP) is 0.632. The lowest BCUT2D eigenvalue weighted by molar-refractivity contribution is -0.135. The molecule has 0 N–H and O–H groups in total. The molecule has 3 heterocycles. The number of benzene rings is 1. The summed E-state index contributed by atoms with van der Waals surface area (Å²) in [5, 5.41) is 1.75. The van der Waals surface area contributed by atoms with E-state index in [0.717, 1.165) is 16.2 Å². The summed E-state index contributed by atoms with van der Waals surface area (Å²) in [6.07, 6.45) is 2.32. The molecule has 3 aliphatic carbocycles. The van der Waals surface area contributed by atoms with Crippen molar-refractivity contribution in [3.8, 4) is 0 Å². The van der Waals surface area contributed by atoms with Crippen molar-refractivity contribution < 1.29 is 28.6 Å². The van der Waals surface area contributed by atoms with Gasteiger partial charge in [-0.3, -0.25) is 14.4 Å². The van der Waals surface area contributed by atoms with E-state index in [9.17, 15) is 14.4 Å². The van der Waals surface area contributed by atoms with Gasteiger partial charge in [-0.2, -0.15) is 0 Å². The topological polar surface area (TPSA) is 78.9 Å². The normalized spacial score (nSPS) is 25.0. The summed E-state index contributed by atoms with van der Waals surface area (Å²) in [5.41, 5.74) is 1.14. The molecule has 1 aromatic carbocycles. The lowest BCUT2D eigenvalue weighted by Crippen LogP contribution is -2.39. The summed E-state index contributed by atoms with van der Waals surface area (Å²) < 4.78 is 17.0. The molecule has 0 aromatic heterocycles. The highest BCUT2D eigenvalue weighted by atomic mass is 16.6. The molecule has 1 aromatic rings. The van der Waals surface area contributed by atoms with Crippen LogP contribution in [0.1, 0.15) is 40.0 Å². The fraction of sp³-hybridized carbons (Fsp3) is 0.250. The number of Topliss-reactive ketones (excluding diaryl/α,β-unsaturated/α-hetero) is 2. The number of ether oxygens (including phenoxy) is 3. The van der Waals surface area contributed by atoms with Crippen molar-refractivity contribution in [2.75, 3.05) is 6.61 Å². The number of esters is 1. The van der Waals surface area contributed by atoms with Gasteiger partial charge in [0.15, 0.2) is 23.4 Å². The Hall–Kier alpha value is -3.15. The maximum Gasteiger partial charge on any atom is 0.315 e. The van der Waals surface area contributed by atoms with Gasteiger partial charge in [-0.25, -0.2) is 0 Å². The molecule has 6 aliphatic rings. The molecule has 1 fully saturated rings. The third-order valence-corrected chi connectivity index (χ3v) is 5.50. The van der Waals surface area contributed by atoms with Crippen LogP contribution < -0.4 is 10.4 Å². The van der Waals surface area contributed by atoms with Gasteiger partial charge >= 0.3 is 5.97 Å². The molecule has 6 heteroatoms. The summed E-state index contributed by atoms with van der Waals surface area (Å²) in [5.74, 6) is 0.446. The average molecular weight is 348 g/mol.